The first-order chi connectivity index (χ1) is 13.7. The lowest BCUT2D eigenvalue weighted by Gasteiger charge is -2.12. The van der Waals surface area contributed by atoms with Gasteiger partial charge in [0.1, 0.15) is 5.65 Å². The summed E-state index contributed by atoms with van der Waals surface area (Å²) in [4.78, 5) is 4.22. The number of hydrogen-bond acceptors (Lipinski definition) is 3. The molecule has 0 unspecified atom stereocenters. The third-order valence-corrected chi connectivity index (χ3v) is 5.68. The number of para-hydroxylation sites is 1. The minimum Gasteiger partial charge on any atom is -0.306 e. The first kappa shape index (κ1) is 19.0. The fourth-order valence-electron chi connectivity index (χ4n) is 2.89. The molecule has 0 saturated carbocycles. The monoisotopic (exact) mass is 417 g/mol. The molecule has 1 N–H and O–H groups in total. The second-order valence-corrected chi connectivity index (χ2v) is 7.95. The van der Waals surface area contributed by atoms with Crippen molar-refractivity contribution in [2.24, 2.45) is 0 Å². The van der Waals surface area contributed by atoms with Crippen LogP contribution < -0.4 is 4.72 Å². The van der Waals surface area contributed by atoms with Crippen molar-refractivity contribution in [2.45, 2.75) is 11.1 Å². The third kappa shape index (κ3) is 3.81. The number of nitrogens with one attached hydrogen (secondary N) is 1. The molecule has 0 atom stereocenters. The Labute approximate surface area is 164 Å². The zero-order valence-corrected chi connectivity index (χ0v) is 15.6. The van der Waals surface area contributed by atoms with Gasteiger partial charge in [-0.1, -0.05) is 24.3 Å². The Morgan fingerprint density at radius 1 is 0.897 bits per heavy atom. The largest absolute Gasteiger partial charge is 0.416 e. The lowest BCUT2D eigenvalue weighted by molar-refractivity contribution is -0.137. The number of benzene rings is 2. The van der Waals surface area contributed by atoms with Crippen LogP contribution in [0, 0.1) is 0 Å². The Morgan fingerprint density at radius 2 is 1.59 bits per heavy atom. The number of sulfonamides is 1. The van der Waals surface area contributed by atoms with Gasteiger partial charge in [0, 0.05) is 18.0 Å². The van der Waals surface area contributed by atoms with Crippen molar-refractivity contribution in [1.82, 2.24) is 9.38 Å². The van der Waals surface area contributed by atoms with Crippen LogP contribution in [0.25, 0.3) is 16.9 Å². The summed E-state index contributed by atoms with van der Waals surface area (Å²) >= 11 is 0. The molecule has 0 aliphatic rings. The van der Waals surface area contributed by atoms with E-state index < -0.39 is 21.8 Å². The summed E-state index contributed by atoms with van der Waals surface area (Å²) in [5.41, 5.74) is 1.16. The third-order valence-electron chi connectivity index (χ3n) is 4.30. The Hall–Kier alpha value is -3.33. The molecule has 2 aromatic heterocycles. The van der Waals surface area contributed by atoms with Crippen molar-refractivity contribution in [3.63, 3.8) is 0 Å². The molecular weight excluding hydrogens is 403 g/mol. The standard InChI is InChI=1S/C20H14F3N3O2S/c21-20(22,23)14-8-10-15(11-9-14)29(27,28)25-17-6-2-1-5-16(17)18-13-26-12-4-3-7-19(26)24-18/h1-13,25H. The SMILES string of the molecule is O=S(=O)(Nc1ccccc1-c1cn2ccccc2n1)c1ccc(C(F)(F)F)cc1. The Kier molecular flexibility index (Phi) is 4.54. The van der Waals surface area contributed by atoms with Gasteiger partial charge in [-0.2, -0.15) is 13.2 Å². The molecule has 0 fully saturated rings. The minimum atomic E-state index is -4.54. The summed E-state index contributed by atoms with van der Waals surface area (Å²) in [6.07, 6.45) is -0.952. The van der Waals surface area contributed by atoms with Crippen molar-refractivity contribution in [2.75, 3.05) is 4.72 Å². The van der Waals surface area contributed by atoms with E-state index in [-0.39, 0.29) is 10.6 Å². The van der Waals surface area contributed by atoms with Gasteiger partial charge in [0.25, 0.3) is 10.0 Å². The van der Waals surface area contributed by atoms with Crippen LogP contribution in [0.2, 0.25) is 0 Å². The molecule has 4 rings (SSSR count). The molecular formula is C20H14F3N3O2S. The number of rotatable bonds is 4. The molecule has 5 nitrogen and oxygen atoms in total. The highest BCUT2D eigenvalue weighted by Gasteiger charge is 2.30. The van der Waals surface area contributed by atoms with E-state index in [1.807, 2.05) is 24.4 Å². The van der Waals surface area contributed by atoms with Crippen LogP contribution in [-0.4, -0.2) is 17.8 Å². The maximum absolute atomic E-state index is 12.7. The molecule has 0 bridgehead atoms. The van der Waals surface area contributed by atoms with Crippen molar-refractivity contribution >= 4 is 21.4 Å². The van der Waals surface area contributed by atoms with Gasteiger partial charge in [0.2, 0.25) is 0 Å². The Bertz CT molecular complexity index is 1250. The molecule has 0 amide bonds. The number of pyridine rings is 1. The van der Waals surface area contributed by atoms with Crippen molar-refractivity contribution < 1.29 is 21.6 Å². The second-order valence-electron chi connectivity index (χ2n) is 6.27. The topological polar surface area (TPSA) is 63.5 Å². The fourth-order valence-corrected chi connectivity index (χ4v) is 3.97. The second kappa shape index (κ2) is 6.93. The van der Waals surface area contributed by atoms with Gasteiger partial charge in [0.15, 0.2) is 0 Å². The average molecular weight is 417 g/mol. The predicted octanol–water partition coefficient (Wildman–Crippen LogP) is 4.82. The summed E-state index contributed by atoms with van der Waals surface area (Å²) < 4.78 is 67.8. The van der Waals surface area contributed by atoms with E-state index in [1.165, 1.54) is 0 Å². The van der Waals surface area contributed by atoms with Crippen LogP contribution in [0.1, 0.15) is 5.56 Å². The molecule has 2 heterocycles. The number of aromatic nitrogens is 2. The van der Waals surface area contributed by atoms with Gasteiger partial charge in [-0.15, -0.1) is 0 Å². The Morgan fingerprint density at radius 3 is 2.28 bits per heavy atom. The van der Waals surface area contributed by atoms with Gasteiger partial charge < -0.3 is 4.40 Å². The first-order valence-electron chi connectivity index (χ1n) is 8.47. The quantitative estimate of drug-likeness (QED) is 0.518. The van der Waals surface area contributed by atoms with E-state index in [0.717, 1.165) is 24.3 Å². The molecule has 0 aliphatic heterocycles. The van der Waals surface area contributed by atoms with Crippen molar-refractivity contribution in [3.05, 3.63) is 84.7 Å². The van der Waals surface area contributed by atoms with E-state index in [2.05, 4.69) is 9.71 Å². The molecule has 148 valence electrons. The van der Waals surface area contributed by atoms with E-state index in [0.29, 0.717) is 16.9 Å². The van der Waals surface area contributed by atoms with Crippen molar-refractivity contribution in [1.29, 1.82) is 0 Å². The van der Waals surface area contributed by atoms with E-state index in [1.54, 1.807) is 34.9 Å². The predicted molar refractivity (Wildman–Crippen MR) is 103 cm³/mol. The Balaban J connectivity index is 1.69. The number of halogens is 3. The molecule has 29 heavy (non-hydrogen) atoms. The molecule has 2 aromatic carbocycles. The van der Waals surface area contributed by atoms with Gasteiger partial charge >= 0.3 is 6.18 Å². The number of anilines is 1. The maximum atomic E-state index is 12.7. The fraction of sp³-hybridized carbons (Fsp3) is 0.0500. The van der Waals surface area contributed by atoms with Crippen LogP contribution in [0.3, 0.4) is 0 Å². The number of imidazole rings is 1. The number of hydrogen-bond donors (Lipinski definition) is 1. The molecule has 0 spiro atoms. The number of nitrogens with zero attached hydrogens (tertiary/aromatic N) is 2. The molecule has 0 saturated heterocycles. The number of alkyl halides is 3. The summed E-state index contributed by atoms with van der Waals surface area (Å²) in [5.74, 6) is 0. The molecule has 0 aliphatic carbocycles. The van der Waals surface area contributed by atoms with Crippen LogP contribution in [-0.2, 0) is 16.2 Å². The highest BCUT2D eigenvalue weighted by atomic mass is 32.2. The summed E-state index contributed by atoms with van der Waals surface area (Å²) in [6.45, 7) is 0. The zero-order valence-electron chi connectivity index (χ0n) is 14.8. The minimum absolute atomic E-state index is 0.268. The van der Waals surface area contributed by atoms with Crippen LogP contribution in [0.15, 0.2) is 84.0 Å². The maximum Gasteiger partial charge on any atom is 0.416 e. The summed E-state index contributed by atoms with van der Waals surface area (Å²) in [5, 5.41) is 0. The normalized spacial score (nSPS) is 12.2. The average Bonchev–Trinajstić information content (AvgIpc) is 3.11. The summed E-state index contributed by atoms with van der Waals surface area (Å²) in [7, 11) is -4.09. The van der Waals surface area contributed by atoms with Crippen molar-refractivity contribution in [3.8, 4) is 11.3 Å². The van der Waals surface area contributed by atoms with E-state index in [4.69, 9.17) is 0 Å². The van der Waals surface area contributed by atoms with Crippen LogP contribution in [0.5, 0.6) is 0 Å². The molecule has 9 heteroatoms. The van der Waals surface area contributed by atoms with E-state index in [9.17, 15) is 21.6 Å². The first-order valence-corrected chi connectivity index (χ1v) is 9.95. The molecule has 4 aromatic rings. The lowest BCUT2D eigenvalue weighted by Crippen LogP contribution is -2.14. The van der Waals surface area contributed by atoms with Gasteiger partial charge in [-0.3, -0.25) is 4.72 Å². The zero-order chi connectivity index (χ0) is 20.6. The van der Waals surface area contributed by atoms with Crippen LogP contribution in [0.4, 0.5) is 18.9 Å². The highest BCUT2D eigenvalue weighted by Crippen LogP contribution is 2.31. The van der Waals surface area contributed by atoms with Gasteiger partial charge in [-0.05, 0) is 42.5 Å². The highest BCUT2D eigenvalue weighted by molar-refractivity contribution is 7.92. The van der Waals surface area contributed by atoms with Gasteiger partial charge in [0.05, 0.1) is 21.8 Å². The molecule has 0 radical (unpaired) electrons. The van der Waals surface area contributed by atoms with Crippen LogP contribution >= 0.6 is 0 Å². The lowest BCUT2D eigenvalue weighted by atomic mass is 10.1. The van der Waals surface area contributed by atoms with Gasteiger partial charge in [-0.25, -0.2) is 13.4 Å². The summed E-state index contributed by atoms with van der Waals surface area (Å²) in [6, 6.07) is 15.5. The van der Waals surface area contributed by atoms with E-state index >= 15 is 0 Å². The smallest absolute Gasteiger partial charge is 0.306 e. The number of fused-ring (bicyclic) bond motifs is 1.